The van der Waals surface area contributed by atoms with Crippen LogP contribution in [0.15, 0.2) is 12.1 Å². The second-order valence-electron chi connectivity index (χ2n) is 3.21. The lowest BCUT2D eigenvalue weighted by Gasteiger charge is -2.13. The third-order valence-electron chi connectivity index (χ3n) is 2.28. The fourth-order valence-electron chi connectivity index (χ4n) is 1.44. The van der Waals surface area contributed by atoms with Gasteiger partial charge in [0.2, 0.25) is 0 Å². The van der Waals surface area contributed by atoms with Gasteiger partial charge in [-0.25, -0.2) is 0 Å². The van der Waals surface area contributed by atoms with Crippen LogP contribution in [0, 0.1) is 18.3 Å². The van der Waals surface area contributed by atoms with Crippen LogP contribution in [0.25, 0.3) is 0 Å². The number of carbonyl (C=O) groups excluding carboxylic acids is 1. The number of hydrogen-bond donors (Lipinski definition) is 0. The van der Waals surface area contributed by atoms with Crippen molar-refractivity contribution in [2.75, 3.05) is 7.11 Å². The second kappa shape index (κ2) is 5.60. The number of carbonyl (C=O) groups is 1. The van der Waals surface area contributed by atoms with E-state index in [9.17, 15) is 4.79 Å². The van der Waals surface area contributed by atoms with E-state index in [-0.39, 0.29) is 0 Å². The van der Waals surface area contributed by atoms with Gasteiger partial charge in [0.25, 0.3) is 0 Å². The van der Waals surface area contributed by atoms with E-state index in [4.69, 9.17) is 14.5 Å². The molecule has 84 valence electrons. The van der Waals surface area contributed by atoms with Gasteiger partial charge in [-0.1, -0.05) is 0 Å². The zero-order valence-electron chi connectivity index (χ0n) is 9.06. The average molecular weight is 237 g/mol. The van der Waals surface area contributed by atoms with Gasteiger partial charge in [-0.15, -0.1) is 0 Å². The maximum absolute atomic E-state index is 10.8. The largest absolute Gasteiger partial charge is 0.496 e. The molecule has 0 bridgehead atoms. The first kappa shape index (κ1) is 12.6. The number of ether oxygens (including phenoxy) is 1. The molecule has 0 saturated carbocycles. The van der Waals surface area contributed by atoms with Crippen molar-refractivity contribution in [1.82, 2.24) is 0 Å². The molecule has 0 spiro atoms. The number of nitrogens with zero attached hydrogens (tertiary/aromatic N) is 1. The fraction of sp³-hybridized carbons (Fsp3) is 0.273. The number of aryl methyl sites for hydroxylation is 1. The molecule has 0 aromatic heterocycles. The number of rotatable bonds is 4. The molecule has 0 N–H and O–H groups in total. The molecular weight excluding hydrogens is 225 g/mol. The van der Waals surface area contributed by atoms with Crippen LogP contribution in [0.1, 0.15) is 27.6 Å². The van der Waals surface area contributed by atoms with Gasteiger partial charge in [-0.3, -0.25) is 4.79 Å². The summed E-state index contributed by atoms with van der Waals surface area (Å²) in [7, 11) is 3.54. The number of hydrogen-bond acceptors (Lipinski definition) is 4. The molecule has 1 rings (SSSR count). The Morgan fingerprint density at radius 3 is 2.69 bits per heavy atom. The molecule has 4 nitrogen and oxygen atoms in total. The fourth-order valence-corrected chi connectivity index (χ4v) is 1.65. The van der Waals surface area contributed by atoms with Crippen molar-refractivity contribution < 1.29 is 14.1 Å². The highest BCUT2D eigenvalue weighted by Crippen LogP contribution is 2.28. The van der Waals surface area contributed by atoms with Gasteiger partial charge >= 0.3 is 0 Å². The molecule has 0 radical (unpaired) electrons. The predicted octanol–water partition coefficient (Wildman–Crippen LogP) is 2.19. The van der Waals surface area contributed by atoms with Crippen molar-refractivity contribution in [2.24, 2.45) is 0 Å². The average Bonchev–Trinajstić information content (AvgIpc) is 2.32. The van der Waals surface area contributed by atoms with Gasteiger partial charge < -0.3 is 9.26 Å². The number of methoxy groups -OCH3 is 1. The van der Waals surface area contributed by atoms with Gasteiger partial charge in [-0.05, 0) is 30.2 Å². The Hall–Kier alpha value is -1.43. The van der Waals surface area contributed by atoms with E-state index in [1.807, 2.05) is 22.5 Å². The molecule has 0 aliphatic carbocycles. The summed E-state index contributed by atoms with van der Waals surface area (Å²) in [5, 5.41) is 8.89. The third kappa shape index (κ3) is 2.38. The highest BCUT2D eigenvalue weighted by molar-refractivity contribution is 7.09. The van der Waals surface area contributed by atoms with Crippen LogP contribution in [0.5, 0.6) is 5.75 Å². The first-order valence-corrected chi connectivity index (χ1v) is 5.04. The summed E-state index contributed by atoms with van der Waals surface area (Å²) in [5.41, 5.74) is 1.92. The van der Waals surface area contributed by atoms with E-state index in [2.05, 4.69) is 0 Å². The van der Waals surface area contributed by atoms with E-state index in [0.29, 0.717) is 23.2 Å². The number of aldehydes is 1. The van der Waals surface area contributed by atoms with Gasteiger partial charge in [-0.2, -0.15) is 5.26 Å². The van der Waals surface area contributed by atoms with Gasteiger partial charge in [0, 0.05) is 9.47 Å². The van der Waals surface area contributed by atoms with Crippen LogP contribution in [0.3, 0.4) is 0 Å². The first-order valence-electron chi connectivity index (χ1n) is 4.56. The zero-order valence-corrected chi connectivity index (χ0v) is 10.2. The van der Waals surface area contributed by atoms with Crippen LogP contribution in [0.2, 0.25) is 0 Å². The van der Waals surface area contributed by atoms with Crippen LogP contribution >= 0.6 is 9.47 Å². The summed E-state index contributed by atoms with van der Waals surface area (Å²) >= 11 is 0. The van der Waals surface area contributed by atoms with Crippen molar-refractivity contribution >= 4 is 15.8 Å². The van der Waals surface area contributed by atoms with Gasteiger partial charge in [0.1, 0.15) is 5.75 Å². The Morgan fingerprint density at radius 2 is 2.25 bits per heavy atom. The molecule has 0 aliphatic heterocycles. The summed E-state index contributed by atoms with van der Waals surface area (Å²) in [4.78, 5) is 10.8. The number of nitriles is 1. The van der Waals surface area contributed by atoms with Crippen molar-refractivity contribution in [3.8, 4) is 11.8 Å². The Kier molecular flexibility index (Phi) is 4.42. The van der Waals surface area contributed by atoms with Crippen molar-refractivity contribution in [3.05, 3.63) is 28.8 Å². The van der Waals surface area contributed by atoms with Crippen molar-refractivity contribution in [2.45, 2.75) is 13.0 Å². The Balaban J connectivity index is 3.32. The third-order valence-corrected chi connectivity index (χ3v) is 2.55. The van der Waals surface area contributed by atoms with Gasteiger partial charge in [0.15, 0.2) is 12.4 Å². The van der Waals surface area contributed by atoms with E-state index < -0.39 is 6.10 Å². The molecule has 2 atom stereocenters. The van der Waals surface area contributed by atoms with E-state index in [1.54, 1.807) is 12.1 Å². The summed E-state index contributed by atoms with van der Waals surface area (Å²) in [6.45, 7) is 1.83. The standard InChI is InChI=1S/C11H12NO3P/c1-7-3-10(14-2)8(6-13)4-9(7)11(5-12)15-16/h3-4,6,11H,16H2,1-2H3. The predicted molar refractivity (Wildman–Crippen MR) is 62.3 cm³/mol. The summed E-state index contributed by atoms with van der Waals surface area (Å²) in [5.74, 6) is 0.497. The van der Waals surface area contributed by atoms with Crippen LogP contribution in [-0.2, 0) is 4.52 Å². The lowest BCUT2D eigenvalue weighted by Crippen LogP contribution is -2.01. The van der Waals surface area contributed by atoms with Crippen LogP contribution in [-0.4, -0.2) is 13.4 Å². The monoisotopic (exact) mass is 237 g/mol. The second-order valence-corrected chi connectivity index (χ2v) is 3.49. The highest BCUT2D eigenvalue weighted by Gasteiger charge is 2.15. The van der Waals surface area contributed by atoms with Crippen LogP contribution < -0.4 is 4.74 Å². The van der Waals surface area contributed by atoms with E-state index in [1.165, 1.54) is 7.11 Å². The Labute approximate surface area is 96.5 Å². The van der Waals surface area contributed by atoms with Crippen molar-refractivity contribution in [3.63, 3.8) is 0 Å². The molecule has 0 saturated heterocycles. The zero-order chi connectivity index (χ0) is 12.1. The molecule has 0 aliphatic rings. The minimum atomic E-state index is -0.699. The van der Waals surface area contributed by atoms with E-state index in [0.717, 1.165) is 5.56 Å². The smallest absolute Gasteiger partial charge is 0.172 e. The first-order chi connectivity index (χ1) is 7.67. The van der Waals surface area contributed by atoms with E-state index >= 15 is 0 Å². The summed E-state index contributed by atoms with van der Waals surface area (Å²) in [6, 6.07) is 5.32. The quantitative estimate of drug-likeness (QED) is 0.595. The summed E-state index contributed by atoms with van der Waals surface area (Å²) in [6.07, 6.45) is -0.00598. The number of benzene rings is 1. The molecule has 2 unspecified atom stereocenters. The lowest BCUT2D eigenvalue weighted by molar-refractivity contribution is 0.112. The molecule has 16 heavy (non-hydrogen) atoms. The lowest BCUT2D eigenvalue weighted by atomic mass is 10.0. The minimum absolute atomic E-state index is 0.408. The maximum atomic E-state index is 10.8. The topological polar surface area (TPSA) is 59.3 Å². The minimum Gasteiger partial charge on any atom is -0.496 e. The molecule has 0 fully saturated rings. The molecule has 1 aromatic carbocycles. The molecular formula is C11H12NO3P. The normalized spacial score (nSPS) is 11.6. The molecule has 1 aromatic rings. The highest BCUT2D eigenvalue weighted by atomic mass is 31.0. The van der Waals surface area contributed by atoms with Crippen molar-refractivity contribution in [1.29, 1.82) is 5.26 Å². The maximum Gasteiger partial charge on any atom is 0.172 e. The van der Waals surface area contributed by atoms with Gasteiger partial charge in [0.05, 0.1) is 18.7 Å². The van der Waals surface area contributed by atoms with Crippen LogP contribution in [0.4, 0.5) is 0 Å². The SMILES string of the molecule is COc1cc(C)c(C(C#N)OP)cc1C=O. The molecule has 0 heterocycles. The molecule has 5 heteroatoms. The summed E-state index contributed by atoms with van der Waals surface area (Å²) < 4.78 is 10.00. The Morgan fingerprint density at radius 1 is 1.56 bits per heavy atom. The Bertz CT molecular complexity index is 440. The molecule has 0 amide bonds.